The van der Waals surface area contributed by atoms with Gasteiger partial charge >= 0.3 is 0 Å². The predicted molar refractivity (Wildman–Crippen MR) is 77.7 cm³/mol. The van der Waals surface area contributed by atoms with E-state index < -0.39 is 0 Å². The second-order valence-electron chi connectivity index (χ2n) is 6.28. The molecule has 0 fully saturated rings. The van der Waals surface area contributed by atoms with Gasteiger partial charge in [-0.2, -0.15) is 0 Å². The van der Waals surface area contributed by atoms with Crippen LogP contribution in [0, 0.1) is 0 Å². The number of hydrogen-bond donors (Lipinski definition) is 1. The molecule has 2 heterocycles. The summed E-state index contributed by atoms with van der Waals surface area (Å²) >= 11 is 0. The number of imidazole rings is 1. The molecule has 0 saturated carbocycles. The fourth-order valence-electron chi connectivity index (χ4n) is 2.67. The van der Waals surface area contributed by atoms with Crippen LogP contribution in [0.4, 0.5) is 0 Å². The molecule has 0 spiro atoms. The van der Waals surface area contributed by atoms with Gasteiger partial charge < -0.3 is 9.88 Å². The van der Waals surface area contributed by atoms with Gasteiger partial charge in [-0.1, -0.05) is 26.8 Å². The molecule has 0 atom stereocenters. The Bertz CT molecular complexity index is 590. The number of nitrogens with zero attached hydrogens (tertiary/aromatic N) is 2. The van der Waals surface area contributed by atoms with Crippen molar-refractivity contribution in [2.75, 3.05) is 6.54 Å². The van der Waals surface area contributed by atoms with Crippen molar-refractivity contribution in [3.8, 4) is 5.69 Å². The largest absolute Gasteiger partial charge is 0.312 e. The van der Waals surface area contributed by atoms with E-state index >= 15 is 0 Å². The molecule has 3 nitrogen and oxygen atoms in total. The quantitative estimate of drug-likeness (QED) is 0.849. The lowest BCUT2D eigenvalue weighted by Gasteiger charge is -2.22. The Morgan fingerprint density at radius 1 is 1.21 bits per heavy atom. The topological polar surface area (TPSA) is 29.9 Å². The minimum atomic E-state index is 0.102. The number of rotatable bonds is 1. The molecule has 1 aliphatic rings. The van der Waals surface area contributed by atoms with Crippen molar-refractivity contribution in [2.45, 2.75) is 39.2 Å². The first-order chi connectivity index (χ1) is 9.05. The van der Waals surface area contributed by atoms with Gasteiger partial charge in [0.2, 0.25) is 0 Å². The highest BCUT2D eigenvalue weighted by atomic mass is 15.1. The van der Waals surface area contributed by atoms with Gasteiger partial charge in [-0.15, -0.1) is 0 Å². The maximum atomic E-state index is 4.32. The molecular weight excluding hydrogens is 234 g/mol. The van der Waals surface area contributed by atoms with E-state index in [2.05, 4.69) is 53.8 Å². The molecule has 1 N–H and O–H groups in total. The molecule has 1 aromatic carbocycles. The van der Waals surface area contributed by atoms with Gasteiger partial charge in [-0.3, -0.25) is 0 Å². The van der Waals surface area contributed by atoms with Crippen LogP contribution in [0.2, 0.25) is 0 Å². The fourth-order valence-corrected chi connectivity index (χ4v) is 2.67. The first-order valence-corrected chi connectivity index (χ1v) is 6.91. The average Bonchev–Trinajstić information content (AvgIpc) is 2.87. The summed E-state index contributed by atoms with van der Waals surface area (Å²) in [5.41, 5.74) is 5.45. The summed E-state index contributed by atoms with van der Waals surface area (Å²) in [6, 6.07) is 6.76. The van der Waals surface area contributed by atoms with Gasteiger partial charge in [-0.05, 0) is 36.2 Å². The maximum absolute atomic E-state index is 4.32. The summed E-state index contributed by atoms with van der Waals surface area (Å²) < 4.78 is 2.20. The summed E-state index contributed by atoms with van der Waals surface area (Å²) in [4.78, 5) is 4.32. The zero-order valence-corrected chi connectivity index (χ0v) is 11.9. The zero-order chi connectivity index (χ0) is 13.5. The summed E-state index contributed by atoms with van der Waals surface area (Å²) in [6.45, 7) is 8.73. The number of nitrogens with one attached hydrogen (secondary N) is 1. The molecule has 0 saturated heterocycles. The minimum Gasteiger partial charge on any atom is -0.312 e. The van der Waals surface area contributed by atoms with Crippen LogP contribution in [0.15, 0.2) is 30.7 Å². The van der Waals surface area contributed by atoms with Gasteiger partial charge in [0.15, 0.2) is 0 Å². The van der Waals surface area contributed by atoms with Crippen LogP contribution >= 0.6 is 0 Å². The maximum Gasteiger partial charge on any atom is 0.0994 e. The predicted octanol–water partition coefficient (Wildman–Crippen LogP) is 2.82. The summed E-state index contributed by atoms with van der Waals surface area (Å²) in [7, 11) is 0. The number of aromatic nitrogens is 2. The third kappa shape index (κ3) is 2.30. The lowest BCUT2D eigenvalue weighted by molar-refractivity contribution is 0.556. The van der Waals surface area contributed by atoms with Gasteiger partial charge in [-0.25, -0.2) is 4.98 Å². The molecule has 0 amide bonds. The van der Waals surface area contributed by atoms with E-state index in [-0.39, 0.29) is 5.41 Å². The number of fused-ring (bicyclic) bond motifs is 1. The molecule has 0 bridgehead atoms. The van der Waals surface area contributed by atoms with Crippen molar-refractivity contribution in [3.05, 3.63) is 47.5 Å². The molecule has 3 rings (SSSR count). The second kappa shape index (κ2) is 4.49. The van der Waals surface area contributed by atoms with Crippen LogP contribution in [0.5, 0.6) is 0 Å². The summed E-state index contributed by atoms with van der Waals surface area (Å²) in [5, 5.41) is 3.43. The van der Waals surface area contributed by atoms with E-state index in [0.29, 0.717) is 0 Å². The van der Waals surface area contributed by atoms with Crippen LogP contribution in [-0.4, -0.2) is 16.1 Å². The Kier molecular flexibility index (Phi) is 2.94. The van der Waals surface area contributed by atoms with E-state index in [0.717, 1.165) is 19.5 Å². The molecule has 0 unspecified atom stereocenters. The van der Waals surface area contributed by atoms with Crippen molar-refractivity contribution in [2.24, 2.45) is 0 Å². The van der Waals surface area contributed by atoms with Crippen LogP contribution < -0.4 is 5.32 Å². The van der Waals surface area contributed by atoms with Crippen molar-refractivity contribution < 1.29 is 0 Å². The Morgan fingerprint density at radius 3 is 2.84 bits per heavy atom. The summed E-state index contributed by atoms with van der Waals surface area (Å²) in [6.07, 6.45) is 5.02. The fraction of sp³-hybridized carbons (Fsp3) is 0.438. The molecular formula is C16H21N3. The third-order valence-electron chi connectivity index (χ3n) is 3.76. The standard InChI is InChI=1S/C16H21N3/c1-16(2,3)15-10-18-11-19(15)14-5-4-12-6-7-17-9-13(12)8-14/h4-5,8,10-11,17H,6-7,9H2,1-3H3. The Labute approximate surface area is 114 Å². The van der Waals surface area contributed by atoms with Crippen LogP contribution in [0.25, 0.3) is 5.69 Å². The van der Waals surface area contributed by atoms with E-state index in [1.54, 1.807) is 0 Å². The third-order valence-corrected chi connectivity index (χ3v) is 3.76. The SMILES string of the molecule is CC(C)(C)c1cncn1-c1ccc2c(c1)CNCC2. The average molecular weight is 255 g/mol. The molecule has 3 heteroatoms. The van der Waals surface area contributed by atoms with Gasteiger partial charge in [0.05, 0.1) is 6.33 Å². The Hall–Kier alpha value is -1.61. The van der Waals surface area contributed by atoms with Gasteiger partial charge in [0, 0.05) is 29.5 Å². The highest BCUT2D eigenvalue weighted by Crippen LogP contribution is 2.26. The number of hydrogen-bond acceptors (Lipinski definition) is 2. The van der Waals surface area contributed by atoms with Gasteiger partial charge in [0.25, 0.3) is 0 Å². The monoisotopic (exact) mass is 255 g/mol. The lowest BCUT2D eigenvalue weighted by Crippen LogP contribution is -2.24. The Balaban J connectivity index is 2.06. The van der Waals surface area contributed by atoms with Crippen LogP contribution in [0.3, 0.4) is 0 Å². The Morgan fingerprint density at radius 2 is 2.05 bits per heavy atom. The van der Waals surface area contributed by atoms with Crippen molar-refractivity contribution >= 4 is 0 Å². The molecule has 19 heavy (non-hydrogen) atoms. The second-order valence-corrected chi connectivity index (χ2v) is 6.28. The van der Waals surface area contributed by atoms with E-state index in [4.69, 9.17) is 0 Å². The lowest BCUT2D eigenvalue weighted by atomic mass is 9.92. The van der Waals surface area contributed by atoms with Crippen molar-refractivity contribution in [1.29, 1.82) is 0 Å². The van der Waals surface area contributed by atoms with Crippen molar-refractivity contribution in [3.63, 3.8) is 0 Å². The molecule has 2 aromatic rings. The minimum absolute atomic E-state index is 0.102. The normalized spacial score (nSPS) is 15.3. The van der Waals surface area contributed by atoms with Gasteiger partial charge in [0.1, 0.15) is 0 Å². The molecule has 100 valence electrons. The van der Waals surface area contributed by atoms with Crippen LogP contribution in [0.1, 0.15) is 37.6 Å². The van der Waals surface area contributed by atoms with Crippen LogP contribution in [-0.2, 0) is 18.4 Å². The molecule has 1 aliphatic heterocycles. The van der Waals surface area contributed by atoms with E-state index in [1.807, 2.05) is 12.5 Å². The molecule has 0 aliphatic carbocycles. The number of benzene rings is 1. The molecule has 0 radical (unpaired) electrons. The highest BCUT2D eigenvalue weighted by Gasteiger charge is 2.20. The van der Waals surface area contributed by atoms with Crippen molar-refractivity contribution in [1.82, 2.24) is 14.9 Å². The van der Waals surface area contributed by atoms with E-state index in [1.165, 1.54) is 22.5 Å². The molecule has 1 aromatic heterocycles. The first kappa shape index (κ1) is 12.4. The zero-order valence-electron chi connectivity index (χ0n) is 11.9. The van der Waals surface area contributed by atoms with E-state index in [9.17, 15) is 0 Å². The highest BCUT2D eigenvalue weighted by molar-refractivity contribution is 5.43. The smallest absolute Gasteiger partial charge is 0.0994 e. The first-order valence-electron chi connectivity index (χ1n) is 6.91. The summed E-state index contributed by atoms with van der Waals surface area (Å²) in [5.74, 6) is 0.